The number of hydrogen-bond donors (Lipinski definition) is 3. The molecule has 11 heteroatoms. The van der Waals surface area contributed by atoms with Crippen molar-refractivity contribution in [3.8, 4) is 0 Å². The summed E-state index contributed by atoms with van der Waals surface area (Å²) in [5.41, 5.74) is 0. The molecule has 5 aliphatic heterocycles. The van der Waals surface area contributed by atoms with Gasteiger partial charge in [0.2, 0.25) is 5.91 Å². The summed E-state index contributed by atoms with van der Waals surface area (Å²) in [6.45, 7) is 0.365. The van der Waals surface area contributed by atoms with Gasteiger partial charge in [-0.15, -0.1) is 4.28 Å². The van der Waals surface area contributed by atoms with Gasteiger partial charge in [0.05, 0.1) is 6.04 Å². The van der Waals surface area contributed by atoms with Crippen LogP contribution in [0.25, 0.3) is 0 Å². The number of rotatable bonds is 4. The van der Waals surface area contributed by atoms with E-state index in [1.165, 1.54) is 4.90 Å². The third-order valence-corrected chi connectivity index (χ3v) is 6.26. The monoisotopic (exact) mass is 388 g/mol. The standard InChI is InChI=1S/C15H24N4O6S/c20-14(17-11-7-9-1-2-10(8-11)16-9)13-4-3-12-5-6-18(13)15(21)19(12)25-26(22,23)24/h9-13,16H,1-8H2,(H,17,20)(H,22,23,24)/t9?,10?,11?,12-,13+/m1/s1. The number of hydroxylamine groups is 2. The van der Waals surface area contributed by atoms with Crippen molar-refractivity contribution in [1.82, 2.24) is 20.6 Å². The highest BCUT2D eigenvalue weighted by atomic mass is 32.3. The Morgan fingerprint density at radius 1 is 1.15 bits per heavy atom. The molecule has 5 rings (SSSR count). The van der Waals surface area contributed by atoms with Crippen LogP contribution in [-0.2, 0) is 19.5 Å². The van der Waals surface area contributed by atoms with Crippen LogP contribution in [-0.4, -0.2) is 71.6 Å². The molecule has 3 N–H and O–H groups in total. The second-order valence-electron chi connectivity index (χ2n) is 7.65. The lowest BCUT2D eigenvalue weighted by atomic mass is 9.99. The van der Waals surface area contributed by atoms with Crippen LogP contribution in [0.5, 0.6) is 0 Å². The van der Waals surface area contributed by atoms with E-state index in [9.17, 15) is 18.0 Å². The fraction of sp³-hybridized carbons (Fsp3) is 0.867. The third-order valence-electron chi connectivity index (χ3n) is 5.92. The fourth-order valence-electron chi connectivity index (χ4n) is 4.78. The van der Waals surface area contributed by atoms with Gasteiger partial charge in [0.1, 0.15) is 6.04 Å². The van der Waals surface area contributed by atoms with Crippen molar-refractivity contribution in [2.45, 2.75) is 75.2 Å². The summed E-state index contributed by atoms with van der Waals surface area (Å²) in [4.78, 5) is 26.7. The Bertz CT molecular complexity index is 688. The molecular formula is C15H24N4O6S. The minimum atomic E-state index is -4.79. The number of amides is 3. The second kappa shape index (κ2) is 6.63. The molecule has 146 valence electrons. The summed E-state index contributed by atoms with van der Waals surface area (Å²) in [5, 5.41) is 7.30. The van der Waals surface area contributed by atoms with E-state index in [0.29, 0.717) is 43.0 Å². The van der Waals surface area contributed by atoms with Gasteiger partial charge in [-0.3, -0.25) is 9.35 Å². The van der Waals surface area contributed by atoms with Crippen LogP contribution in [0, 0.1) is 0 Å². The molecule has 0 radical (unpaired) electrons. The largest absolute Gasteiger partial charge is 0.418 e. The Balaban J connectivity index is 1.44. The Morgan fingerprint density at radius 3 is 2.50 bits per heavy atom. The SMILES string of the molecule is O=C(NC1CC2CCC(C1)N2)[C@@H]1CC[C@@H]2CCN1C(=O)N2OS(=O)(=O)O. The van der Waals surface area contributed by atoms with E-state index in [1.54, 1.807) is 0 Å². The van der Waals surface area contributed by atoms with Gasteiger partial charge in [0.15, 0.2) is 0 Å². The zero-order valence-electron chi connectivity index (χ0n) is 14.3. The number of carbonyl (C=O) groups is 2. The van der Waals surface area contributed by atoms with Gasteiger partial charge in [-0.25, -0.2) is 4.79 Å². The van der Waals surface area contributed by atoms with Crippen molar-refractivity contribution in [2.24, 2.45) is 0 Å². The molecule has 2 unspecified atom stereocenters. The van der Waals surface area contributed by atoms with Crippen LogP contribution in [0.1, 0.15) is 44.9 Å². The average Bonchev–Trinajstić information content (AvgIpc) is 2.72. The first kappa shape index (κ1) is 18.0. The number of nitrogens with zero attached hydrogens (tertiary/aromatic N) is 2. The Kier molecular flexibility index (Phi) is 4.58. The summed E-state index contributed by atoms with van der Waals surface area (Å²) in [6, 6.07) is -0.803. The zero-order chi connectivity index (χ0) is 18.5. The Hall–Kier alpha value is -1.43. The lowest BCUT2D eigenvalue weighted by Gasteiger charge is -2.38. The first-order chi connectivity index (χ1) is 12.3. The van der Waals surface area contributed by atoms with Gasteiger partial charge in [0.25, 0.3) is 0 Å². The first-order valence-electron chi connectivity index (χ1n) is 9.13. The first-order valence-corrected chi connectivity index (χ1v) is 10.5. The number of piperidine rings is 1. The van der Waals surface area contributed by atoms with E-state index in [0.717, 1.165) is 25.7 Å². The molecular weight excluding hydrogens is 364 g/mol. The number of nitrogens with one attached hydrogen (secondary N) is 2. The predicted molar refractivity (Wildman–Crippen MR) is 89.1 cm³/mol. The molecule has 5 saturated heterocycles. The van der Waals surface area contributed by atoms with Gasteiger partial charge in [0, 0.05) is 24.7 Å². The highest BCUT2D eigenvalue weighted by Gasteiger charge is 2.46. The summed E-state index contributed by atoms with van der Waals surface area (Å²) in [6.07, 6.45) is 5.41. The van der Waals surface area contributed by atoms with Gasteiger partial charge < -0.3 is 15.5 Å². The fourth-order valence-corrected chi connectivity index (χ4v) is 5.17. The topological polar surface area (TPSA) is 128 Å². The van der Waals surface area contributed by atoms with Gasteiger partial charge >= 0.3 is 16.4 Å². The summed E-state index contributed by atoms with van der Waals surface area (Å²) in [7, 11) is -4.79. The molecule has 26 heavy (non-hydrogen) atoms. The molecule has 4 atom stereocenters. The molecule has 4 bridgehead atoms. The van der Waals surface area contributed by atoms with E-state index < -0.39 is 28.5 Å². The van der Waals surface area contributed by atoms with Gasteiger partial charge in [-0.05, 0) is 44.9 Å². The average molecular weight is 388 g/mol. The molecule has 0 aliphatic carbocycles. The van der Waals surface area contributed by atoms with Crippen LogP contribution in [0.2, 0.25) is 0 Å². The summed E-state index contributed by atoms with van der Waals surface area (Å²) < 4.78 is 35.4. The van der Waals surface area contributed by atoms with Crippen LogP contribution in [0.3, 0.4) is 0 Å². The maximum absolute atomic E-state index is 12.8. The van der Waals surface area contributed by atoms with Crippen molar-refractivity contribution >= 4 is 22.3 Å². The third kappa shape index (κ3) is 3.53. The van der Waals surface area contributed by atoms with Crippen molar-refractivity contribution in [3.63, 3.8) is 0 Å². The molecule has 5 aliphatic rings. The van der Waals surface area contributed by atoms with E-state index in [2.05, 4.69) is 14.9 Å². The van der Waals surface area contributed by atoms with Crippen molar-refractivity contribution in [2.75, 3.05) is 6.54 Å². The Labute approximate surface area is 152 Å². The minimum Gasteiger partial charge on any atom is -0.351 e. The molecule has 0 aromatic rings. The van der Waals surface area contributed by atoms with Crippen molar-refractivity contribution < 1.29 is 26.8 Å². The molecule has 0 saturated carbocycles. The lowest BCUT2D eigenvalue weighted by molar-refractivity contribution is -0.127. The number of fused-ring (bicyclic) bond motifs is 6. The molecule has 5 fully saturated rings. The van der Waals surface area contributed by atoms with E-state index in [-0.39, 0.29) is 11.9 Å². The second-order valence-corrected chi connectivity index (χ2v) is 8.66. The van der Waals surface area contributed by atoms with Crippen LogP contribution >= 0.6 is 0 Å². The van der Waals surface area contributed by atoms with Crippen LogP contribution in [0.15, 0.2) is 0 Å². The maximum Gasteiger partial charge on any atom is 0.418 e. The lowest BCUT2D eigenvalue weighted by Crippen LogP contribution is -2.58. The van der Waals surface area contributed by atoms with E-state index in [4.69, 9.17) is 4.55 Å². The molecule has 0 aromatic heterocycles. The highest BCUT2D eigenvalue weighted by molar-refractivity contribution is 7.80. The molecule has 10 nitrogen and oxygen atoms in total. The molecule has 3 amide bonds. The maximum atomic E-state index is 12.8. The molecule has 5 heterocycles. The quantitative estimate of drug-likeness (QED) is 0.568. The van der Waals surface area contributed by atoms with Crippen molar-refractivity contribution in [3.05, 3.63) is 0 Å². The minimum absolute atomic E-state index is 0.100. The van der Waals surface area contributed by atoms with Gasteiger partial charge in [-0.1, -0.05) is 0 Å². The number of urea groups is 1. The molecule has 0 spiro atoms. The Morgan fingerprint density at radius 2 is 1.85 bits per heavy atom. The van der Waals surface area contributed by atoms with Crippen LogP contribution in [0.4, 0.5) is 4.79 Å². The number of carbonyl (C=O) groups excluding carboxylic acids is 2. The van der Waals surface area contributed by atoms with Gasteiger partial charge in [-0.2, -0.15) is 13.5 Å². The van der Waals surface area contributed by atoms with Crippen molar-refractivity contribution in [1.29, 1.82) is 0 Å². The summed E-state index contributed by atoms with van der Waals surface area (Å²) >= 11 is 0. The molecule has 0 aromatic carbocycles. The highest BCUT2D eigenvalue weighted by Crippen LogP contribution is 2.31. The predicted octanol–water partition coefficient (Wildman–Crippen LogP) is -0.221. The number of hydrogen-bond acceptors (Lipinski definition) is 6. The van der Waals surface area contributed by atoms with E-state index in [1.807, 2.05) is 0 Å². The zero-order valence-corrected chi connectivity index (χ0v) is 15.2. The summed E-state index contributed by atoms with van der Waals surface area (Å²) in [5.74, 6) is -0.195. The van der Waals surface area contributed by atoms with E-state index >= 15 is 0 Å². The van der Waals surface area contributed by atoms with Crippen LogP contribution < -0.4 is 10.6 Å². The smallest absolute Gasteiger partial charge is 0.351 e. The normalized spacial score (nSPS) is 37.0.